The number of carbonyl (C=O) groups is 2. The molecule has 1 unspecified atom stereocenters. The van der Waals surface area contributed by atoms with Gasteiger partial charge in [0, 0.05) is 24.8 Å². The Hall–Kier alpha value is -2.34. The van der Waals surface area contributed by atoms with Gasteiger partial charge in [0.05, 0.1) is 19.8 Å². The Balaban J connectivity index is 1.47. The molecule has 1 aliphatic heterocycles. The van der Waals surface area contributed by atoms with E-state index >= 15 is 0 Å². The third-order valence-corrected chi connectivity index (χ3v) is 6.74. The van der Waals surface area contributed by atoms with E-state index in [-0.39, 0.29) is 23.7 Å². The number of benzene rings is 1. The molecule has 1 saturated heterocycles. The van der Waals surface area contributed by atoms with Crippen LogP contribution in [0.1, 0.15) is 69.5 Å². The Morgan fingerprint density at radius 1 is 1.25 bits per heavy atom. The van der Waals surface area contributed by atoms with Crippen LogP contribution in [0, 0.1) is 17.8 Å². The lowest BCUT2D eigenvalue weighted by Gasteiger charge is -2.27. The SMILES string of the molecule is COC(=O)CCCC=CC[C@H]1C(=O)NC[C@@H]1COc1cccc(C(O)C2CCCCC2)c1. The number of nitrogens with one attached hydrogen (secondary N) is 1. The molecule has 2 N–H and O–H groups in total. The lowest BCUT2D eigenvalue weighted by Crippen LogP contribution is -2.22. The van der Waals surface area contributed by atoms with Crippen molar-refractivity contribution in [3.8, 4) is 5.75 Å². The molecule has 176 valence electrons. The molecule has 3 atom stereocenters. The minimum Gasteiger partial charge on any atom is -0.493 e. The Bertz CT molecular complexity index is 771. The molecule has 1 aliphatic carbocycles. The van der Waals surface area contributed by atoms with Crippen molar-refractivity contribution in [2.75, 3.05) is 20.3 Å². The summed E-state index contributed by atoms with van der Waals surface area (Å²) in [6.07, 6.45) is 12.1. The average molecular weight is 444 g/mol. The zero-order chi connectivity index (χ0) is 22.8. The predicted molar refractivity (Wildman–Crippen MR) is 123 cm³/mol. The zero-order valence-electron chi connectivity index (χ0n) is 19.1. The van der Waals surface area contributed by atoms with Crippen LogP contribution in [0.5, 0.6) is 5.75 Å². The molecular weight excluding hydrogens is 406 g/mol. The van der Waals surface area contributed by atoms with Gasteiger partial charge in [-0.05, 0) is 55.7 Å². The zero-order valence-corrected chi connectivity index (χ0v) is 19.1. The maximum Gasteiger partial charge on any atom is 0.305 e. The first-order valence-corrected chi connectivity index (χ1v) is 12.0. The molecule has 2 aliphatic rings. The highest BCUT2D eigenvalue weighted by Crippen LogP contribution is 2.35. The molecule has 0 aromatic heterocycles. The van der Waals surface area contributed by atoms with E-state index in [4.69, 9.17) is 4.74 Å². The van der Waals surface area contributed by atoms with Crippen LogP contribution >= 0.6 is 0 Å². The molecule has 0 spiro atoms. The number of unbranched alkanes of at least 4 members (excludes halogenated alkanes) is 1. The molecule has 0 bridgehead atoms. The molecule has 1 aromatic rings. The van der Waals surface area contributed by atoms with Crippen LogP contribution in [0.3, 0.4) is 0 Å². The topological polar surface area (TPSA) is 84.9 Å². The van der Waals surface area contributed by atoms with Gasteiger partial charge in [-0.1, -0.05) is 43.5 Å². The maximum atomic E-state index is 12.3. The van der Waals surface area contributed by atoms with Gasteiger partial charge in [0.15, 0.2) is 0 Å². The summed E-state index contributed by atoms with van der Waals surface area (Å²) in [4.78, 5) is 23.4. The van der Waals surface area contributed by atoms with Gasteiger partial charge >= 0.3 is 5.97 Å². The van der Waals surface area contributed by atoms with E-state index in [1.54, 1.807) is 0 Å². The number of rotatable bonds is 11. The summed E-state index contributed by atoms with van der Waals surface area (Å²) in [6, 6.07) is 7.76. The number of hydrogen-bond acceptors (Lipinski definition) is 5. The van der Waals surface area contributed by atoms with Gasteiger partial charge in [0.1, 0.15) is 5.75 Å². The van der Waals surface area contributed by atoms with Gasteiger partial charge < -0.3 is 19.9 Å². The first-order valence-electron chi connectivity index (χ1n) is 12.0. The number of amides is 1. The highest BCUT2D eigenvalue weighted by molar-refractivity contribution is 5.81. The number of aliphatic hydroxyl groups is 1. The van der Waals surface area contributed by atoms with Crippen molar-refractivity contribution >= 4 is 11.9 Å². The van der Waals surface area contributed by atoms with Gasteiger partial charge in [-0.15, -0.1) is 0 Å². The lowest BCUT2D eigenvalue weighted by molar-refractivity contribution is -0.140. The Labute approximate surface area is 191 Å². The average Bonchev–Trinajstić information content (AvgIpc) is 3.19. The molecule has 6 nitrogen and oxygen atoms in total. The normalized spacial score (nSPS) is 22.6. The number of ether oxygens (including phenoxy) is 2. The minimum absolute atomic E-state index is 0.0688. The van der Waals surface area contributed by atoms with Crippen LogP contribution in [0.25, 0.3) is 0 Å². The third kappa shape index (κ3) is 7.09. The second-order valence-corrected chi connectivity index (χ2v) is 9.01. The van der Waals surface area contributed by atoms with Crippen molar-refractivity contribution < 1.29 is 24.2 Å². The highest BCUT2D eigenvalue weighted by atomic mass is 16.5. The molecule has 3 rings (SSSR count). The van der Waals surface area contributed by atoms with E-state index in [9.17, 15) is 14.7 Å². The van der Waals surface area contributed by atoms with Gasteiger partial charge in [-0.25, -0.2) is 0 Å². The second kappa shape index (κ2) is 12.6. The van der Waals surface area contributed by atoms with E-state index in [1.807, 2.05) is 36.4 Å². The van der Waals surface area contributed by atoms with Crippen LogP contribution in [-0.4, -0.2) is 37.2 Å². The number of hydrogen-bond donors (Lipinski definition) is 2. The van der Waals surface area contributed by atoms with E-state index in [0.29, 0.717) is 31.9 Å². The first-order chi connectivity index (χ1) is 15.6. The number of allylic oxidation sites excluding steroid dienone is 2. The summed E-state index contributed by atoms with van der Waals surface area (Å²) >= 11 is 0. The van der Waals surface area contributed by atoms with Crippen molar-refractivity contribution in [1.29, 1.82) is 0 Å². The van der Waals surface area contributed by atoms with E-state index in [2.05, 4.69) is 10.1 Å². The highest BCUT2D eigenvalue weighted by Gasteiger charge is 2.34. The number of methoxy groups -OCH3 is 1. The number of aliphatic hydroxyl groups excluding tert-OH is 1. The van der Waals surface area contributed by atoms with Gasteiger partial charge in [0.2, 0.25) is 5.91 Å². The predicted octanol–water partition coefficient (Wildman–Crippen LogP) is 4.33. The van der Waals surface area contributed by atoms with Crippen LogP contribution < -0.4 is 10.1 Å². The summed E-state index contributed by atoms with van der Waals surface area (Å²) in [5.41, 5.74) is 0.918. The number of carbonyl (C=O) groups excluding carboxylic acids is 2. The van der Waals surface area contributed by atoms with Crippen LogP contribution in [-0.2, 0) is 14.3 Å². The third-order valence-electron chi connectivity index (χ3n) is 6.74. The summed E-state index contributed by atoms with van der Waals surface area (Å²) in [6.45, 7) is 1.08. The van der Waals surface area contributed by atoms with Gasteiger partial charge in [-0.2, -0.15) is 0 Å². The number of esters is 1. The van der Waals surface area contributed by atoms with Crippen LogP contribution in [0.4, 0.5) is 0 Å². The molecule has 1 saturated carbocycles. The fourth-order valence-corrected chi connectivity index (χ4v) is 4.73. The van der Waals surface area contributed by atoms with Crippen LogP contribution in [0.2, 0.25) is 0 Å². The van der Waals surface area contributed by atoms with Crippen molar-refractivity contribution in [3.63, 3.8) is 0 Å². The molecule has 1 aromatic carbocycles. The Morgan fingerprint density at radius 2 is 2.06 bits per heavy atom. The smallest absolute Gasteiger partial charge is 0.305 e. The fourth-order valence-electron chi connectivity index (χ4n) is 4.73. The largest absolute Gasteiger partial charge is 0.493 e. The molecular formula is C26H37NO5. The molecule has 32 heavy (non-hydrogen) atoms. The van der Waals surface area contributed by atoms with E-state index in [1.165, 1.54) is 26.4 Å². The van der Waals surface area contributed by atoms with Crippen molar-refractivity contribution in [2.24, 2.45) is 17.8 Å². The molecule has 6 heteroatoms. The van der Waals surface area contributed by atoms with E-state index in [0.717, 1.165) is 37.0 Å². The van der Waals surface area contributed by atoms with Crippen molar-refractivity contribution in [3.05, 3.63) is 42.0 Å². The Morgan fingerprint density at radius 3 is 2.84 bits per heavy atom. The van der Waals surface area contributed by atoms with Gasteiger partial charge in [-0.3, -0.25) is 9.59 Å². The summed E-state index contributed by atoms with van der Waals surface area (Å²) in [5, 5.41) is 13.7. The molecule has 0 radical (unpaired) electrons. The van der Waals surface area contributed by atoms with Gasteiger partial charge in [0.25, 0.3) is 0 Å². The van der Waals surface area contributed by atoms with Crippen molar-refractivity contribution in [2.45, 2.75) is 63.9 Å². The summed E-state index contributed by atoms with van der Waals surface area (Å²) in [7, 11) is 1.40. The fraction of sp³-hybridized carbons (Fsp3) is 0.615. The Kier molecular flexibility index (Phi) is 9.60. The van der Waals surface area contributed by atoms with Crippen molar-refractivity contribution in [1.82, 2.24) is 5.32 Å². The van der Waals surface area contributed by atoms with Crippen LogP contribution in [0.15, 0.2) is 36.4 Å². The molecule has 2 fully saturated rings. The summed E-state index contributed by atoms with van der Waals surface area (Å²) in [5.74, 6) is 0.950. The summed E-state index contributed by atoms with van der Waals surface area (Å²) < 4.78 is 10.7. The second-order valence-electron chi connectivity index (χ2n) is 9.01. The standard InChI is InChI=1S/C26H37NO5/c1-31-24(28)15-8-3-2-7-14-23-21(17-27-26(23)30)18-32-22-13-9-12-20(16-22)25(29)19-10-5-4-6-11-19/h2,7,9,12-13,16,19,21,23,25,29H,3-6,8,10-11,14-15,17-18H2,1H3,(H,27,30)/t21-,23-,25?/m1/s1. The molecule has 1 amide bonds. The molecule has 1 heterocycles. The monoisotopic (exact) mass is 443 g/mol. The van der Waals surface area contributed by atoms with E-state index < -0.39 is 6.10 Å². The minimum atomic E-state index is -0.439. The first kappa shape index (κ1) is 24.3. The maximum absolute atomic E-state index is 12.3. The quantitative estimate of drug-likeness (QED) is 0.302. The lowest BCUT2D eigenvalue weighted by atomic mass is 9.83.